The van der Waals surface area contributed by atoms with E-state index in [1.54, 1.807) is 15.4 Å². The van der Waals surface area contributed by atoms with Crippen LogP contribution in [0.4, 0.5) is 8.78 Å². The molecule has 0 amide bonds. The Bertz CT molecular complexity index is 1060. The van der Waals surface area contributed by atoms with E-state index in [1.807, 2.05) is 19.9 Å². The van der Waals surface area contributed by atoms with E-state index in [2.05, 4.69) is 20.5 Å². The van der Waals surface area contributed by atoms with Gasteiger partial charge in [0.25, 0.3) is 5.56 Å². The fourth-order valence-electron chi connectivity index (χ4n) is 4.07. The molecule has 1 aliphatic rings. The number of imidazole rings is 1. The predicted octanol–water partition coefficient (Wildman–Crippen LogP) is 2.91. The Hall–Kier alpha value is -2.88. The summed E-state index contributed by atoms with van der Waals surface area (Å²) in [5.74, 6) is 0.946. The zero-order valence-corrected chi connectivity index (χ0v) is 17.0. The molecule has 10 heteroatoms. The maximum Gasteiger partial charge on any atom is 0.319 e. The second-order valence-electron chi connectivity index (χ2n) is 7.73. The first-order valence-corrected chi connectivity index (χ1v) is 10.1. The summed E-state index contributed by atoms with van der Waals surface area (Å²) in [4.78, 5) is 16.4. The molecule has 3 heterocycles. The van der Waals surface area contributed by atoms with Crippen LogP contribution in [0, 0.1) is 13.8 Å². The fourth-order valence-corrected chi connectivity index (χ4v) is 4.07. The van der Waals surface area contributed by atoms with Gasteiger partial charge in [-0.05, 0) is 51.7 Å². The number of hydrogen-bond donors (Lipinski definition) is 1. The summed E-state index contributed by atoms with van der Waals surface area (Å²) in [6, 6.07) is 5.39. The standard InChI is InChI=1S/C20H25F2N7O/c1-13-11-14(2)28(25-13)17-7-8-19(30)29(26-17)16-5-3-15(4-6-16)24-12-18-23-9-10-27(18)20(21)22/h7-11,15-16,20,24H,3-6,12H2,1-2H3. The van der Waals surface area contributed by atoms with Crippen LogP contribution in [-0.2, 0) is 6.54 Å². The van der Waals surface area contributed by atoms with Gasteiger partial charge in [0.15, 0.2) is 5.82 Å². The molecule has 0 atom stereocenters. The van der Waals surface area contributed by atoms with E-state index in [-0.39, 0.29) is 24.2 Å². The van der Waals surface area contributed by atoms with Crippen LogP contribution in [0.15, 0.2) is 35.4 Å². The SMILES string of the molecule is Cc1cc(C)n(-c2ccc(=O)n(C3CCC(NCc4nccn4C(F)F)CC3)n2)n1. The highest BCUT2D eigenvalue weighted by Crippen LogP contribution is 2.27. The number of halogens is 2. The van der Waals surface area contributed by atoms with Crippen molar-refractivity contribution in [1.29, 1.82) is 0 Å². The molecular formula is C20H25F2N7O. The minimum atomic E-state index is -2.59. The Balaban J connectivity index is 1.40. The number of nitrogens with one attached hydrogen (secondary N) is 1. The zero-order chi connectivity index (χ0) is 21.3. The van der Waals surface area contributed by atoms with Gasteiger partial charge in [-0.25, -0.2) is 14.3 Å². The van der Waals surface area contributed by atoms with Gasteiger partial charge in [0.2, 0.25) is 0 Å². The van der Waals surface area contributed by atoms with Crippen molar-refractivity contribution in [2.45, 2.75) is 64.7 Å². The lowest BCUT2D eigenvalue weighted by Crippen LogP contribution is -2.37. The van der Waals surface area contributed by atoms with E-state index in [0.29, 0.717) is 11.6 Å². The molecule has 8 nitrogen and oxygen atoms in total. The van der Waals surface area contributed by atoms with E-state index in [4.69, 9.17) is 0 Å². The lowest BCUT2D eigenvalue weighted by Gasteiger charge is -2.29. The van der Waals surface area contributed by atoms with Crippen molar-refractivity contribution in [3.8, 4) is 5.82 Å². The van der Waals surface area contributed by atoms with Gasteiger partial charge in [-0.2, -0.15) is 13.9 Å². The van der Waals surface area contributed by atoms with Gasteiger partial charge < -0.3 is 5.32 Å². The Morgan fingerprint density at radius 1 is 1.17 bits per heavy atom. The van der Waals surface area contributed by atoms with E-state index in [0.717, 1.165) is 41.6 Å². The molecule has 30 heavy (non-hydrogen) atoms. The number of aromatic nitrogens is 6. The maximum atomic E-state index is 12.9. The third-order valence-corrected chi connectivity index (χ3v) is 5.59. The number of rotatable bonds is 6. The molecule has 0 unspecified atom stereocenters. The molecule has 0 spiro atoms. The number of hydrogen-bond acceptors (Lipinski definition) is 5. The van der Waals surface area contributed by atoms with Crippen LogP contribution in [0.1, 0.15) is 55.5 Å². The first kappa shape index (κ1) is 20.4. The minimum Gasteiger partial charge on any atom is -0.307 e. The van der Waals surface area contributed by atoms with Crippen molar-refractivity contribution in [2.75, 3.05) is 0 Å². The first-order chi connectivity index (χ1) is 14.4. The van der Waals surface area contributed by atoms with Crippen LogP contribution < -0.4 is 10.9 Å². The largest absolute Gasteiger partial charge is 0.319 e. The highest BCUT2D eigenvalue weighted by atomic mass is 19.3. The summed E-state index contributed by atoms with van der Waals surface area (Å²) < 4.78 is 30.0. The van der Waals surface area contributed by atoms with Gasteiger partial charge in [0.1, 0.15) is 5.82 Å². The monoisotopic (exact) mass is 417 g/mol. The van der Waals surface area contributed by atoms with Crippen LogP contribution in [0.5, 0.6) is 0 Å². The van der Waals surface area contributed by atoms with Gasteiger partial charge in [-0.3, -0.25) is 9.36 Å². The van der Waals surface area contributed by atoms with Crippen molar-refractivity contribution in [2.24, 2.45) is 0 Å². The Labute approximate surface area is 172 Å². The normalized spacial score (nSPS) is 19.5. The minimum absolute atomic E-state index is 0.00974. The van der Waals surface area contributed by atoms with Crippen LogP contribution >= 0.6 is 0 Å². The quantitative estimate of drug-likeness (QED) is 0.667. The second kappa shape index (κ2) is 8.47. The first-order valence-electron chi connectivity index (χ1n) is 10.1. The summed E-state index contributed by atoms with van der Waals surface area (Å²) in [5, 5.41) is 12.3. The summed E-state index contributed by atoms with van der Waals surface area (Å²) >= 11 is 0. The van der Waals surface area contributed by atoms with Gasteiger partial charge in [-0.15, -0.1) is 5.10 Å². The number of aryl methyl sites for hydroxylation is 2. The van der Waals surface area contributed by atoms with Crippen molar-refractivity contribution < 1.29 is 8.78 Å². The molecule has 1 aliphatic carbocycles. The molecule has 0 radical (unpaired) electrons. The smallest absolute Gasteiger partial charge is 0.307 e. The summed E-state index contributed by atoms with van der Waals surface area (Å²) in [6.45, 7) is 1.57. The maximum absolute atomic E-state index is 12.9. The van der Waals surface area contributed by atoms with Gasteiger partial charge >= 0.3 is 6.55 Å². The molecule has 1 N–H and O–H groups in total. The molecule has 3 aromatic heterocycles. The van der Waals surface area contributed by atoms with Crippen molar-refractivity contribution in [1.82, 2.24) is 34.4 Å². The molecule has 3 aromatic rings. The van der Waals surface area contributed by atoms with Crippen molar-refractivity contribution in [3.63, 3.8) is 0 Å². The van der Waals surface area contributed by atoms with Crippen LogP contribution in [0.2, 0.25) is 0 Å². The van der Waals surface area contributed by atoms with Gasteiger partial charge in [0.05, 0.1) is 18.3 Å². The van der Waals surface area contributed by atoms with Gasteiger partial charge in [-0.1, -0.05) is 0 Å². The zero-order valence-electron chi connectivity index (χ0n) is 17.0. The topological polar surface area (TPSA) is 82.6 Å². The third-order valence-electron chi connectivity index (χ3n) is 5.59. The molecule has 0 aliphatic heterocycles. The average molecular weight is 417 g/mol. The Morgan fingerprint density at radius 3 is 2.60 bits per heavy atom. The van der Waals surface area contributed by atoms with Crippen molar-refractivity contribution in [3.05, 3.63) is 58.2 Å². The predicted molar refractivity (Wildman–Crippen MR) is 107 cm³/mol. The third kappa shape index (κ3) is 4.18. The van der Waals surface area contributed by atoms with Crippen LogP contribution in [0.25, 0.3) is 5.82 Å². The highest BCUT2D eigenvalue weighted by Gasteiger charge is 2.24. The number of alkyl halides is 2. The number of nitrogens with zero attached hydrogens (tertiary/aromatic N) is 6. The molecule has 1 saturated carbocycles. The van der Waals surface area contributed by atoms with Crippen molar-refractivity contribution >= 4 is 0 Å². The highest BCUT2D eigenvalue weighted by molar-refractivity contribution is 5.24. The molecule has 0 aromatic carbocycles. The molecular weight excluding hydrogens is 392 g/mol. The average Bonchev–Trinajstić information content (AvgIpc) is 3.33. The summed E-state index contributed by atoms with van der Waals surface area (Å²) in [6.07, 6.45) is 5.90. The Morgan fingerprint density at radius 2 is 1.93 bits per heavy atom. The fraction of sp³-hybridized carbons (Fsp3) is 0.500. The van der Waals surface area contributed by atoms with E-state index >= 15 is 0 Å². The molecule has 0 saturated heterocycles. The summed E-state index contributed by atoms with van der Waals surface area (Å²) in [5.41, 5.74) is 1.72. The van der Waals surface area contributed by atoms with Gasteiger partial charge in [0, 0.05) is 30.2 Å². The van der Waals surface area contributed by atoms with E-state index in [1.165, 1.54) is 18.5 Å². The Kier molecular flexibility index (Phi) is 5.76. The summed E-state index contributed by atoms with van der Waals surface area (Å²) in [7, 11) is 0. The van der Waals surface area contributed by atoms with E-state index < -0.39 is 6.55 Å². The molecule has 160 valence electrons. The van der Waals surface area contributed by atoms with Crippen LogP contribution in [0.3, 0.4) is 0 Å². The van der Waals surface area contributed by atoms with E-state index in [9.17, 15) is 13.6 Å². The molecule has 4 rings (SSSR count). The lowest BCUT2D eigenvalue weighted by atomic mass is 9.91. The second-order valence-corrected chi connectivity index (χ2v) is 7.73. The van der Waals surface area contributed by atoms with Crippen LogP contribution in [-0.4, -0.2) is 35.2 Å². The lowest BCUT2D eigenvalue weighted by molar-refractivity contribution is 0.0663. The molecule has 0 bridgehead atoms. The molecule has 1 fully saturated rings.